The highest BCUT2D eigenvalue weighted by Crippen LogP contribution is 2.35. The van der Waals surface area contributed by atoms with Crippen molar-refractivity contribution >= 4 is 0 Å². The van der Waals surface area contributed by atoms with Crippen LogP contribution in [0.25, 0.3) is 0 Å². The molecule has 0 spiro atoms. The van der Waals surface area contributed by atoms with E-state index in [2.05, 4.69) is 10.2 Å². The Morgan fingerprint density at radius 3 is 2.16 bits per heavy atom. The van der Waals surface area contributed by atoms with Gasteiger partial charge in [0.25, 0.3) is 0 Å². The molecular weight excluding hydrogens is 350 g/mol. The summed E-state index contributed by atoms with van der Waals surface area (Å²) in [6.07, 6.45) is -13.1. The molecule has 0 bridgehead atoms. The molecule has 2 rings (SSSR count). The Hall–Kier alpha value is -1.00. The summed E-state index contributed by atoms with van der Waals surface area (Å²) in [5.74, 6) is -2.27. The molecule has 25 heavy (non-hydrogen) atoms. The normalized spacial score (nSPS) is 47.6. The number of nitrogens with zero attached hydrogens (tertiary/aromatic N) is 1. The molecule has 146 valence electrons. The van der Waals surface area contributed by atoms with Crippen molar-refractivity contribution < 1.29 is 54.8 Å². The van der Waals surface area contributed by atoms with Crippen LogP contribution < -0.4 is 0 Å². The van der Waals surface area contributed by atoms with E-state index in [0.29, 0.717) is 0 Å². The van der Waals surface area contributed by atoms with E-state index in [1.54, 1.807) is 0 Å². The third kappa shape index (κ3) is 3.75. The van der Waals surface area contributed by atoms with Crippen LogP contribution in [0.15, 0.2) is 5.34 Å². The van der Waals surface area contributed by atoms with Crippen LogP contribution in [0.1, 0.15) is 0 Å². The van der Waals surface area contributed by atoms with Crippen molar-refractivity contribution in [2.24, 2.45) is 5.34 Å². The lowest BCUT2D eigenvalue weighted by Crippen LogP contribution is -2.62. The van der Waals surface area contributed by atoms with Gasteiger partial charge in [-0.1, -0.05) is 0 Å². The van der Waals surface area contributed by atoms with Crippen molar-refractivity contribution in [2.75, 3.05) is 19.8 Å². The molecule has 7 N–H and O–H groups in total. The first kappa shape index (κ1) is 20.3. The molecule has 0 aromatic carbocycles. The minimum atomic E-state index is -2.27. The van der Waals surface area contributed by atoms with Gasteiger partial charge in [0.15, 0.2) is 11.6 Å². The summed E-state index contributed by atoms with van der Waals surface area (Å²) in [5.41, 5.74) is 0. The van der Waals surface area contributed by atoms with Gasteiger partial charge in [-0.05, 0) is 0 Å². The van der Waals surface area contributed by atoms with Crippen LogP contribution in [0.4, 0.5) is 0 Å². The van der Waals surface area contributed by atoms with Crippen molar-refractivity contribution in [1.82, 2.24) is 0 Å². The Labute approximate surface area is 140 Å². The smallest absolute Gasteiger partial charge is 0.224 e. The molecule has 0 unspecified atom stereocenters. The predicted molar refractivity (Wildman–Crippen MR) is 73.3 cm³/mol. The fourth-order valence-corrected chi connectivity index (χ4v) is 2.72. The lowest BCUT2D eigenvalue weighted by atomic mass is 9.99. The summed E-state index contributed by atoms with van der Waals surface area (Å²) >= 11 is 0. The van der Waals surface area contributed by atoms with Crippen LogP contribution in [0.5, 0.6) is 0 Å². The Kier molecular flexibility index (Phi) is 6.61. The third-order valence-corrected chi connectivity index (χ3v) is 4.18. The summed E-state index contributed by atoms with van der Waals surface area (Å²) in [4.78, 5) is 14.2. The van der Waals surface area contributed by atoms with Gasteiger partial charge in [-0.3, -0.25) is 0 Å². The highest BCUT2D eigenvalue weighted by molar-refractivity contribution is 4.98. The van der Waals surface area contributed by atoms with Gasteiger partial charge in [0.2, 0.25) is 5.79 Å². The maximum absolute atomic E-state index is 10.1. The lowest BCUT2D eigenvalue weighted by Gasteiger charge is -2.43. The molecule has 0 aromatic heterocycles. The van der Waals surface area contributed by atoms with Gasteiger partial charge in [-0.25, -0.2) is 0 Å². The van der Waals surface area contributed by atoms with Crippen molar-refractivity contribution in [3.05, 3.63) is 4.91 Å². The van der Waals surface area contributed by atoms with Gasteiger partial charge < -0.3 is 54.8 Å². The summed E-state index contributed by atoms with van der Waals surface area (Å²) < 4.78 is 15.6. The maximum atomic E-state index is 10.1. The molecule has 2 aliphatic rings. The van der Waals surface area contributed by atoms with Gasteiger partial charge in [0, 0.05) is 0 Å². The average Bonchev–Trinajstić information content (AvgIpc) is 2.86. The first-order chi connectivity index (χ1) is 11.8. The van der Waals surface area contributed by atoms with Gasteiger partial charge in [0.05, 0.1) is 6.61 Å². The summed E-state index contributed by atoms with van der Waals surface area (Å²) in [7, 11) is 0. The molecule has 2 heterocycles. The number of aliphatic hydroxyl groups is 7. The SMILES string of the molecule is O=NOC[C@H]1O[C@H](O[C@]2(CO)O[C@H](CO)[C@@H](O)[C@@H]2O)[C@H](O)[C@@H](O)[C@@H]1O. The van der Waals surface area contributed by atoms with E-state index in [4.69, 9.17) is 19.3 Å². The largest absolute Gasteiger partial charge is 0.394 e. The average molecular weight is 371 g/mol. The fourth-order valence-electron chi connectivity index (χ4n) is 2.72. The van der Waals surface area contributed by atoms with E-state index in [1.807, 2.05) is 0 Å². The molecule has 0 aliphatic carbocycles. The summed E-state index contributed by atoms with van der Waals surface area (Å²) in [6, 6.07) is 0. The summed E-state index contributed by atoms with van der Waals surface area (Å²) in [5, 5.41) is 70.2. The first-order valence-corrected chi connectivity index (χ1v) is 7.39. The zero-order chi connectivity index (χ0) is 18.8. The Morgan fingerprint density at radius 1 is 0.960 bits per heavy atom. The summed E-state index contributed by atoms with van der Waals surface area (Å²) in [6.45, 7) is -2.27. The topological polar surface area (TPSA) is 208 Å². The van der Waals surface area contributed by atoms with Crippen LogP contribution in [-0.2, 0) is 19.0 Å². The van der Waals surface area contributed by atoms with E-state index in [-0.39, 0.29) is 0 Å². The minimum Gasteiger partial charge on any atom is -0.394 e. The molecule has 13 heteroatoms. The lowest BCUT2D eigenvalue weighted by molar-refractivity contribution is -0.384. The minimum absolute atomic E-state index is 0.578. The molecule has 0 amide bonds. The van der Waals surface area contributed by atoms with Gasteiger partial charge >= 0.3 is 0 Å². The number of ether oxygens (including phenoxy) is 3. The standard InChI is InChI=1S/C12H21NO12/c14-1-4-7(17)10(20)12(3-15,24-4)25-11-9(19)8(18)6(16)5(23-11)2-22-13-21/h4-11,14-20H,1-3H2/t4-,5-,6-,7-,8+,9-,10+,11-,12+/m1/s1. The quantitative estimate of drug-likeness (QED) is 0.166. The second-order valence-electron chi connectivity index (χ2n) is 5.75. The molecule has 2 fully saturated rings. The van der Waals surface area contributed by atoms with E-state index >= 15 is 0 Å². The van der Waals surface area contributed by atoms with E-state index in [0.717, 1.165) is 0 Å². The highest BCUT2D eigenvalue weighted by atomic mass is 16.8. The highest BCUT2D eigenvalue weighted by Gasteiger charge is 2.58. The zero-order valence-corrected chi connectivity index (χ0v) is 12.9. The maximum Gasteiger partial charge on any atom is 0.224 e. The van der Waals surface area contributed by atoms with Crippen molar-refractivity contribution in [1.29, 1.82) is 0 Å². The molecule has 0 saturated carbocycles. The van der Waals surface area contributed by atoms with Gasteiger partial charge in [0.1, 0.15) is 55.9 Å². The van der Waals surface area contributed by atoms with Crippen molar-refractivity contribution in [2.45, 2.75) is 54.8 Å². The van der Waals surface area contributed by atoms with Gasteiger partial charge in [-0.15, -0.1) is 4.91 Å². The van der Waals surface area contributed by atoms with Crippen LogP contribution in [0.2, 0.25) is 0 Å². The molecule has 0 aromatic rings. The van der Waals surface area contributed by atoms with Gasteiger partial charge in [-0.2, -0.15) is 0 Å². The molecule has 13 nitrogen and oxygen atoms in total. The third-order valence-electron chi connectivity index (χ3n) is 4.18. The number of aliphatic hydroxyl groups excluding tert-OH is 7. The Balaban J connectivity index is 2.16. The predicted octanol–water partition coefficient (Wildman–Crippen LogP) is -4.69. The van der Waals surface area contributed by atoms with Crippen LogP contribution in [-0.4, -0.2) is 110 Å². The second kappa shape index (κ2) is 8.13. The van der Waals surface area contributed by atoms with Crippen molar-refractivity contribution in [3.63, 3.8) is 0 Å². The Morgan fingerprint density at radius 2 is 1.64 bits per heavy atom. The van der Waals surface area contributed by atoms with E-state index in [9.17, 15) is 35.5 Å². The van der Waals surface area contributed by atoms with Crippen LogP contribution in [0.3, 0.4) is 0 Å². The number of rotatable bonds is 7. The second-order valence-corrected chi connectivity index (χ2v) is 5.75. The van der Waals surface area contributed by atoms with Crippen LogP contribution in [0, 0.1) is 4.91 Å². The Bertz CT molecular complexity index is 454. The number of hydrogen-bond acceptors (Lipinski definition) is 13. The first-order valence-electron chi connectivity index (χ1n) is 7.39. The molecule has 0 radical (unpaired) electrons. The van der Waals surface area contributed by atoms with Crippen LogP contribution >= 0.6 is 0 Å². The zero-order valence-electron chi connectivity index (χ0n) is 12.9. The molecule has 2 saturated heterocycles. The van der Waals surface area contributed by atoms with E-state index in [1.165, 1.54) is 0 Å². The molecular formula is C12H21NO12. The molecule has 9 atom stereocenters. The molecule has 2 aliphatic heterocycles. The monoisotopic (exact) mass is 371 g/mol. The fraction of sp³-hybridized carbons (Fsp3) is 1.00. The van der Waals surface area contributed by atoms with E-state index < -0.39 is 74.6 Å². The number of hydrogen-bond donors (Lipinski definition) is 7. The van der Waals surface area contributed by atoms with Crippen molar-refractivity contribution in [3.8, 4) is 0 Å².